The van der Waals surface area contributed by atoms with Gasteiger partial charge in [-0.05, 0) is 43.5 Å². The molecule has 0 bridgehead atoms. The van der Waals surface area contributed by atoms with Crippen LogP contribution in [-0.4, -0.2) is 18.6 Å². The molecule has 1 atom stereocenters. The maximum atomic E-state index is 11.9. The van der Waals surface area contributed by atoms with E-state index in [9.17, 15) is 4.79 Å². The molecule has 1 amide bonds. The third-order valence-corrected chi connectivity index (χ3v) is 2.95. The Hall–Kier alpha value is -1.51. The van der Waals surface area contributed by atoms with E-state index in [1.807, 2.05) is 19.1 Å². The number of hydrogen-bond acceptors (Lipinski definition) is 2. The molecule has 0 aromatic heterocycles. The van der Waals surface area contributed by atoms with Gasteiger partial charge >= 0.3 is 0 Å². The van der Waals surface area contributed by atoms with E-state index in [2.05, 4.69) is 26.1 Å². The Labute approximate surface area is 110 Å². The van der Waals surface area contributed by atoms with Crippen molar-refractivity contribution < 1.29 is 9.53 Å². The van der Waals surface area contributed by atoms with E-state index in [0.29, 0.717) is 18.1 Å². The van der Waals surface area contributed by atoms with Crippen LogP contribution in [0.1, 0.15) is 44.5 Å². The van der Waals surface area contributed by atoms with Crippen LogP contribution in [-0.2, 0) is 0 Å². The molecule has 0 saturated carbocycles. The van der Waals surface area contributed by atoms with E-state index in [0.717, 1.165) is 12.2 Å². The molecule has 0 unspecified atom stereocenters. The Bertz CT molecular complexity index is 371. The van der Waals surface area contributed by atoms with E-state index in [-0.39, 0.29) is 11.9 Å². The number of amides is 1. The molecular formula is C15H23NO2. The second kappa shape index (κ2) is 7.04. The van der Waals surface area contributed by atoms with Crippen LogP contribution in [0.3, 0.4) is 0 Å². The van der Waals surface area contributed by atoms with Crippen LogP contribution < -0.4 is 10.1 Å². The third kappa shape index (κ3) is 4.40. The minimum Gasteiger partial charge on any atom is -0.494 e. The molecule has 3 nitrogen and oxygen atoms in total. The second-order valence-electron chi connectivity index (χ2n) is 4.88. The molecule has 0 aliphatic rings. The first-order valence-corrected chi connectivity index (χ1v) is 6.58. The van der Waals surface area contributed by atoms with Crippen molar-refractivity contribution in [3.8, 4) is 5.75 Å². The van der Waals surface area contributed by atoms with E-state index in [1.165, 1.54) is 0 Å². The molecule has 18 heavy (non-hydrogen) atoms. The van der Waals surface area contributed by atoms with Crippen LogP contribution >= 0.6 is 0 Å². The molecule has 1 aromatic rings. The van der Waals surface area contributed by atoms with Crippen LogP contribution in [0.2, 0.25) is 0 Å². The molecule has 1 rings (SSSR count). The fourth-order valence-corrected chi connectivity index (χ4v) is 1.38. The Kier molecular flexibility index (Phi) is 5.69. The number of ether oxygens (including phenoxy) is 1. The number of hydrogen-bond donors (Lipinski definition) is 1. The zero-order chi connectivity index (χ0) is 13.5. The monoisotopic (exact) mass is 249 g/mol. The summed E-state index contributed by atoms with van der Waals surface area (Å²) in [5.41, 5.74) is 0.673. The highest BCUT2D eigenvalue weighted by Crippen LogP contribution is 2.13. The van der Waals surface area contributed by atoms with Crippen molar-refractivity contribution in [2.45, 2.75) is 40.2 Å². The van der Waals surface area contributed by atoms with Gasteiger partial charge in [-0.15, -0.1) is 0 Å². The molecule has 1 N–H and O–H groups in total. The Morgan fingerprint density at radius 2 is 1.83 bits per heavy atom. The van der Waals surface area contributed by atoms with Crippen LogP contribution in [0.25, 0.3) is 0 Å². The fraction of sp³-hybridized carbons (Fsp3) is 0.533. The highest BCUT2D eigenvalue weighted by atomic mass is 16.5. The maximum absolute atomic E-state index is 11.9. The summed E-state index contributed by atoms with van der Waals surface area (Å²) < 4.78 is 5.48. The van der Waals surface area contributed by atoms with Crippen molar-refractivity contribution in [1.82, 2.24) is 5.32 Å². The topological polar surface area (TPSA) is 38.3 Å². The minimum absolute atomic E-state index is 0.0294. The summed E-state index contributed by atoms with van der Waals surface area (Å²) in [6, 6.07) is 7.45. The Morgan fingerprint density at radius 1 is 1.22 bits per heavy atom. The summed E-state index contributed by atoms with van der Waals surface area (Å²) in [4.78, 5) is 11.9. The smallest absolute Gasteiger partial charge is 0.251 e. The first kappa shape index (κ1) is 14.6. The predicted octanol–water partition coefficient (Wildman–Crippen LogP) is 3.25. The average molecular weight is 249 g/mol. The van der Waals surface area contributed by atoms with Gasteiger partial charge in [-0.2, -0.15) is 0 Å². The summed E-state index contributed by atoms with van der Waals surface area (Å²) in [6.45, 7) is 8.96. The van der Waals surface area contributed by atoms with Crippen molar-refractivity contribution in [2.75, 3.05) is 6.61 Å². The summed E-state index contributed by atoms with van der Waals surface area (Å²) in [5, 5.41) is 2.98. The van der Waals surface area contributed by atoms with Crippen LogP contribution in [0.15, 0.2) is 24.3 Å². The van der Waals surface area contributed by atoms with E-state index in [1.54, 1.807) is 12.1 Å². The second-order valence-corrected chi connectivity index (χ2v) is 4.88. The lowest BCUT2D eigenvalue weighted by molar-refractivity contribution is 0.0930. The summed E-state index contributed by atoms with van der Waals surface area (Å²) >= 11 is 0. The van der Waals surface area contributed by atoms with E-state index >= 15 is 0 Å². The van der Waals surface area contributed by atoms with Crippen molar-refractivity contribution in [2.24, 2.45) is 5.92 Å². The van der Waals surface area contributed by atoms with Gasteiger partial charge in [0.2, 0.25) is 0 Å². The lowest BCUT2D eigenvalue weighted by Crippen LogP contribution is -2.36. The molecule has 0 saturated heterocycles. The zero-order valence-corrected chi connectivity index (χ0v) is 11.7. The van der Waals surface area contributed by atoms with Crippen molar-refractivity contribution in [3.05, 3.63) is 29.8 Å². The molecule has 100 valence electrons. The van der Waals surface area contributed by atoms with Gasteiger partial charge in [-0.25, -0.2) is 0 Å². The molecular weight excluding hydrogens is 226 g/mol. The first-order chi connectivity index (χ1) is 8.54. The van der Waals surface area contributed by atoms with Gasteiger partial charge in [0.1, 0.15) is 5.75 Å². The molecule has 0 fully saturated rings. The third-order valence-electron chi connectivity index (χ3n) is 2.95. The highest BCUT2D eigenvalue weighted by Gasteiger charge is 2.12. The number of nitrogens with one attached hydrogen (secondary N) is 1. The predicted molar refractivity (Wildman–Crippen MR) is 74.0 cm³/mol. The van der Waals surface area contributed by atoms with Gasteiger partial charge < -0.3 is 10.1 Å². The largest absolute Gasteiger partial charge is 0.494 e. The number of carbonyl (C=O) groups is 1. The van der Waals surface area contributed by atoms with Gasteiger partial charge in [-0.3, -0.25) is 4.79 Å². The molecule has 3 heteroatoms. The quantitative estimate of drug-likeness (QED) is 0.840. The van der Waals surface area contributed by atoms with E-state index in [4.69, 9.17) is 4.74 Å². The number of carbonyl (C=O) groups excluding carboxylic acids is 1. The van der Waals surface area contributed by atoms with Crippen LogP contribution in [0.4, 0.5) is 0 Å². The highest BCUT2D eigenvalue weighted by molar-refractivity contribution is 5.94. The van der Waals surface area contributed by atoms with Crippen molar-refractivity contribution in [3.63, 3.8) is 0 Å². The SMILES string of the molecule is CCCOc1ccc(C(=O)N[C@@H](C)C(C)C)cc1. The van der Waals surface area contributed by atoms with Gasteiger partial charge in [0.05, 0.1) is 6.61 Å². The normalized spacial score (nSPS) is 12.3. The molecule has 0 radical (unpaired) electrons. The lowest BCUT2D eigenvalue weighted by atomic mass is 10.1. The molecule has 0 aliphatic carbocycles. The summed E-state index contributed by atoms with van der Waals surface area (Å²) in [6.07, 6.45) is 0.980. The van der Waals surface area contributed by atoms with Crippen molar-refractivity contribution >= 4 is 5.91 Å². The zero-order valence-electron chi connectivity index (χ0n) is 11.7. The van der Waals surface area contributed by atoms with Gasteiger partial charge in [0.15, 0.2) is 0 Å². The summed E-state index contributed by atoms with van der Waals surface area (Å²) in [5.74, 6) is 1.21. The Morgan fingerprint density at radius 3 is 2.33 bits per heavy atom. The van der Waals surface area contributed by atoms with Gasteiger partial charge in [0.25, 0.3) is 5.91 Å². The van der Waals surface area contributed by atoms with Crippen LogP contribution in [0, 0.1) is 5.92 Å². The van der Waals surface area contributed by atoms with Gasteiger partial charge in [-0.1, -0.05) is 20.8 Å². The first-order valence-electron chi connectivity index (χ1n) is 6.58. The van der Waals surface area contributed by atoms with E-state index < -0.39 is 0 Å². The van der Waals surface area contributed by atoms with Crippen LogP contribution in [0.5, 0.6) is 5.75 Å². The standard InChI is InChI=1S/C15H23NO2/c1-5-10-18-14-8-6-13(7-9-14)15(17)16-12(4)11(2)3/h6-9,11-12H,5,10H2,1-4H3,(H,16,17)/t12-/m0/s1. The van der Waals surface area contributed by atoms with Crippen molar-refractivity contribution in [1.29, 1.82) is 0 Å². The molecule has 1 aromatic carbocycles. The molecule has 0 heterocycles. The molecule has 0 aliphatic heterocycles. The fourth-order valence-electron chi connectivity index (χ4n) is 1.38. The minimum atomic E-state index is -0.0294. The van der Waals surface area contributed by atoms with Gasteiger partial charge in [0, 0.05) is 11.6 Å². The summed E-state index contributed by atoms with van der Waals surface area (Å²) in [7, 11) is 0. The maximum Gasteiger partial charge on any atom is 0.251 e. The Balaban J connectivity index is 2.59. The average Bonchev–Trinajstić information content (AvgIpc) is 2.36. The number of rotatable bonds is 6. The molecule has 0 spiro atoms. The number of benzene rings is 1. The lowest BCUT2D eigenvalue weighted by Gasteiger charge is -2.17.